The second-order valence-corrected chi connectivity index (χ2v) is 12.8. The highest BCUT2D eigenvalue weighted by Gasteiger charge is 2.43. The third-order valence-electron chi connectivity index (χ3n) is 9.83. The molecule has 3 fully saturated rings. The zero-order chi connectivity index (χ0) is 30.3. The van der Waals surface area contributed by atoms with E-state index in [1.807, 2.05) is 11.0 Å². The Hall–Kier alpha value is -3.46. The van der Waals surface area contributed by atoms with Crippen molar-refractivity contribution < 1.29 is 24.4 Å². The minimum Gasteiger partial charge on any atom is -0.481 e. The Morgan fingerprint density at radius 1 is 1.05 bits per heavy atom. The molecule has 0 aromatic heterocycles. The number of carbonyl (C=O) groups excluding carboxylic acids is 1. The number of nitro groups is 1. The highest BCUT2D eigenvalue weighted by Crippen LogP contribution is 2.49. The maximum absolute atomic E-state index is 13.1. The molecule has 3 aliphatic rings. The molecule has 232 valence electrons. The number of hydrogen-bond acceptors (Lipinski definition) is 6. The largest absolute Gasteiger partial charge is 0.481 e. The number of aliphatic carboxylic acids is 1. The number of carboxylic acids is 1. The number of nitrogens with zero attached hydrogens (tertiary/aromatic N) is 3. The van der Waals surface area contributed by atoms with E-state index in [4.69, 9.17) is 4.74 Å². The van der Waals surface area contributed by atoms with Gasteiger partial charge in [0.1, 0.15) is 6.61 Å². The second-order valence-electron chi connectivity index (χ2n) is 12.8. The molecule has 1 heterocycles. The van der Waals surface area contributed by atoms with Gasteiger partial charge in [-0.1, -0.05) is 50.1 Å². The van der Waals surface area contributed by atoms with Crippen LogP contribution < -0.4 is 0 Å². The quantitative estimate of drug-likeness (QED) is 0.203. The van der Waals surface area contributed by atoms with Crippen molar-refractivity contribution in [3.63, 3.8) is 0 Å². The summed E-state index contributed by atoms with van der Waals surface area (Å²) in [6.45, 7) is 5.51. The van der Waals surface area contributed by atoms with Crippen molar-refractivity contribution in [2.24, 2.45) is 23.7 Å². The summed E-state index contributed by atoms with van der Waals surface area (Å²) in [5.41, 5.74) is 2.05. The van der Waals surface area contributed by atoms with Crippen molar-refractivity contribution in [1.82, 2.24) is 9.80 Å². The van der Waals surface area contributed by atoms with Crippen molar-refractivity contribution >= 4 is 17.7 Å². The molecule has 5 rings (SSSR count). The molecule has 1 aliphatic heterocycles. The number of amides is 1. The molecule has 2 saturated carbocycles. The van der Waals surface area contributed by atoms with Crippen LogP contribution in [0.2, 0.25) is 0 Å². The van der Waals surface area contributed by atoms with E-state index >= 15 is 0 Å². The third-order valence-corrected chi connectivity index (χ3v) is 9.83. The Balaban J connectivity index is 1.17. The number of benzene rings is 2. The Bertz CT molecular complexity index is 1230. The molecular weight excluding hydrogens is 546 g/mol. The van der Waals surface area contributed by atoms with Gasteiger partial charge in [0.15, 0.2) is 0 Å². The molecule has 0 radical (unpaired) electrons. The molecule has 2 aromatic carbocycles. The van der Waals surface area contributed by atoms with E-state index in [0.29, 0.717) is 24.3 Å². The lowest BCUT2D eigenvalue weighted by Crippen LogP contribution is -2.48. The Kier molecular flexibility index (Phi) is 10.3. The smallest absolute Gasteiger partial charge is 0.410 e. The van der Waals surface area contributed by atoms with E-state index in [2.05, 4.69) is 36.1 Å². The average molecular weight is 592 g/mol. The van der Waals surface area contributed by atoms with Crippen LogP contribution in [0.1, 0.15) is 75.3 Å². The summed E-state index contributed by atoms with van der Waals surface area (Å²) in [4.78, 5) is 40.2. The van der Waals surface area contributed by atoms with Gasteiger partial charge in [0.25, 0.3) is 5.69 Å². The number of ether oxygens (including phenoxy) is 1. The molecule has 1 N–H and O–H groups in total. The molecule has 1 amide bonds. The summed E-state index contributed by atoms with van der Waals surface area (Å²) < 4.78 is 5.63. The Morgan fingerprint density at radius 3 is 2.35 bits per heavy atom. The van der Waals surface area contributed by atoms with E-state index < -0.39 is 10.9 Å². The van der Waals surface area contributed by atoms with Crippen molar-refractivity contribution in [3.05, 3.63) is 75.8 Å². The molecule has 2 aliphatic carbocycles. The first-order valence-corrected chi connectivity index (χ1v) is 16.0. The lowest BCUT2D eigenvalue weighted by Gasteiger charge is -2.39. The standard InChI is InChI=1S/C34H45N3O6/c1-2-16-36(34(40)43-23-25-10-12-30(13-11-25)37(41)42)29-14-17-35(18-15-29)22-28-20-27(32(33(38)39)19-24-8-9-24)21-31(28)26-6-4-3-5-7-26/h3-7,10-13,24,27-29,31-32H,2,8-9,14-23H2,1H3,(H,38,39)/t27?,28-,31-,32?/m1/s1. The van der Waals surface area contributed by atoms with Gasteiger partial charge in [-0.2, -0.15) is 0 Å². The van der Waals surface area contributed by atoms with Crippen LogP contribution in [0.3, 0.4) is 0 Å². The number of non-ortho nitro benzene ring substituents is 1. The first-order chi connectivity index (χ1) is 20.8. The van der Waals surface area contributed by atoms with Crippen molar-refractivity contribution in [2.45, 2.75) is 76.9 Å². The normalized spacial score (nSPS) is 23.5. The van der Waals surface area contributed by atoms with E-state index in [9.17, 15) is 24.8 Å². The molecule has 4 atom stereocenters. The van der Waals surface area contributed by atoms with Crippen LogP contribution in [-0.4, -0.2) is 64.1 Å². The van der Waals surface area contributed by atoms with Crippen molar-refractivity contribution in [1.29, 1.82) is 0 Å². The molecular formula is C34H45N3O6. The number of rotatable bonds is 13. The Morgan fingerprint density at radius 2 is 1.74 bits per heavy atom. The predicted molar refractivity (Wildman–Crippen MR) is 164 cm³/mol. The summed E-state index contributed by atoms with van der Waals surface area (Å²) >= 11 is 0. The van der Waals surface area contributed by atoms with Crippen LogP contribution in [0.15, 0.2) is 54.6 Å². The van der Waals surface area contributed by atoms with Gasteiger partial charge >= 0.3 is 12.1 Å². The van der Waals surface area contributed by atoms with Crippen LogP contribution >= 0.6 is 0 Å². The maximum atomic E-state index is 13.1. The number of carbonyl (C=O) groups is 2. The van der Waals surface area contributed by atoms with Crippen LogP contribution in [0.5, 0.6) is 0 Å². The lowest BCUT2D eigenvalue weighted by atomic mass is 9.85. The third kappa shape index (κ3) is 8.13. The molecule has 9 nitrogen and oxygen atoms in total. The molecule has 1 saturated heterocycles. The fourth-order valence-electron chi connectivity index (χ4n) is 7.37. The first-order valence-electron chi connectivity index (χ1n) is 16.0. The summed E-state index contributed by atoms with van der Waals surface area (Å²) in [5, 5.41) is 21.0. The van der Waals surface area contributed by atoms with Gasteiger partial charge in [0.05, 0.1) is 10.8 Å². The van der Waals surface area contributed by atoms with Gasteiger partial charge in [-0.3, -0.25) is 14.9 Å². The summed E-state index contributed by atoms with van der Waals surface area (Å²) in [6.07, 6.45) is 7.33. The van der Waals surface area contributed by atoms with Crippen molar-refractivity contribution in [3.8, 4) is 0 Å². The topological polar surface area (TPSA) is 113 Å². The first kappa shape index (κ1) is 31.0. The van der Waals surface area contributed by atoms with Gasteiger partial charge in [-0.15, -0.1) is 0 Å². The molecule has 2 aromatic rings. The monoisotopic (exact) mass is 591 g/mol. The minimum absolute atomic E-state index is 0.0117. The minimum atomic E-state index is -0.623. The van der Waals surface area contributed by atoms with Gasteiger partial charge in [-0.05, 0) is 85.5 Å². The number of likely N-dealkylation sites (tertiary alicyclic amines) is 1. The fraction of sp³-hybridized carbons (Fsp3) is 0.588. The molecule has 43 heavy (non-hydrogen) atoms. The highest BCUT2D eigenvalue weighted by atomic mass is 16.6. The van der Waals surface area contributed by atoms with Crippen LogP contribution in [0.25, 0.3) is 0 Å². The van der Waals surface area contributed by atoms with Crippen molar-refractivity contribution in [2.75, 3.05) is 26.2 Å². The fourth-order valence-corrected chi connectivity index (χ4v) is 7.37. The van der Waals surface area contributed by atoms with Gasteiger partial charge in [0.2, 0.25) is 0 Å². The molecule has 2 unspecified atom stereocenters. The van der Waals surface area contributed by atoms with Gasteiger partial charge < -0.3 is 19.6 Å². The second kappa shape index (κ2) is 14.3. The number of hydrogen-bond donors (Lipinski definition) is 1. The van der Waals surface area contributed by atoms with Crippen LogP contribution in [-0.2, 0) is 16.1 Å². The summed E-state index contributed by atoms with van der Waals surface area (Å²) in [7, 11) is 0. The van der Waals surface area contributed by atoms with Gasteiger partial charge in [0, 0.05) is 44.4 Å². The molecule has 9 heteroatoms. The van der Waals surface area contributed by atoms with E-state index in [1.165, 1.54) is 30.5 Å². The SMILES string of the molecule is CCCN(C(=O)OCc1ccc([N+](=O)[O-])cc1)C1CCN(C[C@H]2CC(C(CC3CC3)C(=O)O)C[C@@H]2c2ccccc2)CC1. The number of carboxylic acid groups (broad SMARTS) is 1. The molecule has 0 spiro atoms. The van der Waals surface area contributed by atoms with E-state index in [1.54, 1.807) is 12.1 Å². The maximum Gasteiger partial charge on any atom is 0.410 e. The highest BCUT2D eigenvalue weighted by molar-refractivity contribution is 5.70. The summed E-state index contributed by atoms with van der Waals surface area (Å²) in [6, 6.07) is 16.8. The van der Waals surface area contributed by atoms with Gasteiger partial charge in [-0.25, -0.2) is 4.79 Å². The Labute approximate surface area is 254 Å². The lowest BCUT2D eigenvalue weighted by molar-refractivity contribution is -0.384. The number of nitro benzene ring substituents is 1. The molecule has 0 bridgehead atoms. The van der Waals surface area contributed by atoms with Crippen LogP contribution in [0.4, 0.5) is 10.5 Å². The average Bonchev–Trinajstić information content (AvgIpc) is 3.76. The predicted octanol–water partition coefficient (Wildman–Crippen LogP) is 6.72. The van der Waals surface area contributed by atoms with E-state index in [-0.39, 0.29) is 36.3 Å². The number of piperidine rings is 1. The van der Waals surface area contributed by atoms with E-state index in [0.717, 1.165) is 63.7 Å². The zero-order valence-corrected chi connectivity index (χ0v) is 25.2. The van der Waals surface area contributed by atoms with Crippen LogP contribution in [0, 0.1) is 33.8 Å². The summed E-state index contributed by atoms with van der Waals surface area (Å²) in [5.74, 6) is 0.743. The zero-order valence-electron chi connectivity index (χ0n) is 25.2.